The first-order valence-corrected chi connectivity index (χ1v) is 3.37. The lowest BCUT2D eigenvalue weighted by atomic mass is 10.3. The van der Waals surface area contributed by atoms with Crippen molar-refractivity contribution >= 4 is 5.97 Å². The van der Waals surface area contributed by atoms with Gasteiger partial charge in [0.1, 0.15) is 0 Å². The number of carbonyl (C=O) groups is 1. The van der Waals surface area contributed by atoms with Crippen LogP contribution < -0.4 is 0 Å². The van der Waals surface area contributed by atoms with Gasteiger partial charge in [0.25, 0.3) is 0 Å². The zero-order chi connectivity index (χ0) is 7.82. The normalized spacial score (nSPS) is 8.90. The van der Waals surface area contributed by atoms with Gasteiger partial charge >= 0.3 is 5.97 Å². The number of rotatable bonds is 5. The van der Waals surface area contributed by atoms with Gasteiger partial charge in [0, 0.05) is 6.42 Å². The average Bonchev–Trinajstić information content (AvgIpc) is 1.89. The van der Waals surface area contributed by atoms with Crippen LogP contribution in [0, 0.1) is 6.92 Å². The van der Waals surface area contributed by atoms with Crippen LogP contribution >= 0.6 is 0 Å². The summed E-state index contributed by atoms with van der Waals surface area (Å²) < 4.78 is 4.77. The van der Waals surface area contributed by atoms with Crippen LogP contribution in [0.5, 0.6) is 0 Å². The van der Waals surface area contributed by atoms with E-state index < -0.39 is 0 Å². The molecular weight excluding hydrogens is 128 g/mol. The summed E-state index contributed by atoms with van der Waals surface area (Å²) in [5.41, 5.74) is 0. The van der Waals surface area contributed by atoms with E-state index in [2.05, 4.69) is 13.5 Å². The van der Waals surface area contributed by atoms with Crippen LogP contribution in [0.1, 0.15) is 19.3 Å². The minimum atomic E-state index is -0.170. The van der Waals surface area contributed by atoms with Crippen LogP contribution in [0.3, 0.4) is 0 Å². The molecular formula is C8H13O2. The lowest BCUT2D eigenvalue weighted by molar-refractivity contribution is -0.143. The molecule has 0 amide bonds. The highest BCUT2D eigenvalue weighted by Crippen LogP contribution is 1.91. The second-order valence-corrected chi connectivity index (χ2v) is 1.90. The first-order valence-electron chi connectivity index (χ1n) is 3.37. The highest BCUT2D eigenvalue weighted by atomic mass is 16.5. The Hall–Kier alpha value is -0.790. The molecule has 0 heterocycles. The van der Waals surface area contributed by atoms with Crippen molar-refractivity contribution in [2.45, 2.75) is 19.3 Å². The summed E-state index contributed by atoms with van der Waals surface area (Å²) in [6, 6.07) is 0. The third kappa shape index (κ3) is 5.35. The fourth-order valence-corrected chi connectivity index (χ4v) is 0.473. The molecule has 0 aromatic carbocycles. The number of hydrogen-bond acceptors (Lipinski definition) is 2. The van der Waals surface area contributed by atoms with E-state index in [1.165, 1.54) is 0 Å². The van der Waals surface area contributed by atoms with Gasteiger partial charge in [-0.05, 0) is 12.8 Å². The molecule has 57 valence electrons. The summed E-state index contributed by atoms with van der Waals surface area (Å²) in [4.78, 5) is 10.6. The van der Waals surface area contributed by atoms with Gasteiger partial charge in [0.15, 0.2) is 0 Å². The van der Waals surface area contributed by atoms with Crippen LogP contribution in [0.4, 0.5) is 0 Å². The lowest BCUT2D eigenvalue weighted by Crippen LogP contribution is -2.03. The highest BCUT2D eigenvalue weighted by molar-refractivity contribution is 5.69. The topological polar surface area (TPSA) is 26.3 Å². The first-order chi connectivity index (χ1) is 4.81. The molecule has 0 rings (SSSR count). The molecule has 0 aromatic heterocycles. The molecule has 0 spiro atoms. The molecule has 0 atom stereocenters. The maximum Gasteiger partial charge on any atom is 0.305 e. The van der Waals surface area contributed by atoms with Crippen LogP contribution in [-0.2, 0) is 9.53 Å². The van der Waals surface area contributed by atoms with E-state index >= 15 is 0 Å². The Morgan fingerprint density at radius 3 is 2.80 bits per heavy atom. The molecule has 1 radical (unpaired) electrons. The Bertz CT molecular complexity index is 108. The molecule has 10 heavy (non-hydrogen) atoms. The number of hydrogen-bond donors (Lipinski definition) is 0. The Labute approximate surface area is 61.9 Å². The molecule has 0 saturated heterocycles. The van der Waals surface area contributed by atoms with Gasteiger partial charge < -0.3 is 4.74 Å². The van der Waals surface area contributed by atoms with Crippen LogP contribution in [0.15, 0.2) is 12.7 Å². The summed E-state index contributed by atoms with van der Waals surface area (Å²) in [6.07, 6.45) is 3.46. The van der Waals surface area contributed by atoms with Gasteiger partial charge in [0.05, 0.1) is 6.61 Å². The fraction of sp³-hybridized carbons (Fsp3) is 0.500. The number of carbonyl (C=O) groups excluding carboxylic acids is 1. The van der Waals surface area contributed by atoms with E-state index in [-0.39, 0.29) is 5.97 Å². The van der Waals surface area contributed by atoms with Crippen LogP contribution in [0.25, 0.3) is 0 Å². The van der Waals surface area contributed by atoms with Crippen molar-refractivity contribution in [2.75, 3.05) is 6.61 Å². The highest BCUT2D eigenvalue weighted by Gasteiger charge is 1.97. The quantitative estimate of drug-likeness (QED) is 0.331. The minimum Gasteiger partial charge on any atom is -0.465 e. The Kier molecular flexibility index (Phi) is 5.83. The zero-order valence-corrected chi connectivity index (χ0v) is 6.14. The van der Waals surface area contributed by atoms with Crippen molar-refractivity contribution < 1.29 is 9.53 Å². The summed E-state index contributed by atoms with van der Waals surface area (Å²) >= 11 is 0. The van der Waals surface area contributed by atoms with Gasteiger partial charge in [-0.25, -0.2) is 0 Å². The van der Waals surface area contributed by atoms with Crippen molar-refractivity contribution in [3.8, 4) is 0 Å². The SMILES string of the molecule is [CH2]CCC(=O)OCCC=C. The van der Waals surface area contributed by atoms with Gasteiger partial charge in [-0.15, -0.1) is 6.58 Å². The fourth-order valence-electron chi connectivity index (χ4n) is 0.473. The number of esters is 1. The Morgan fingerprint density at radius 2 is 2.30 bits per heavy atom. The van der Waals surface area contributed by atoms with Crippen molar-refractivity contribution in [1.82, 2.24) is 0 Å². The summed E-state index contributed by atoms with van der Waals surface area (Å²) in [5.74, 6) is -0.170. The second kappa shape index (κ2) is 6.33. The van der Waals surface area contributed by atoms with Gasteiger partial charge in [0.2, 0.25) is 0 Å². The third-order valence-electron chi connectivity index (χ3n) is 0.966. The Balaban J connectivity index is 3.13. The van der Waals surface area contributed by atoms with E-state index in [4.69, 9.17) is 4.74 Å². The molecule has 0 bridgehead atoms. The molecule has 2 heteroatoms. The van der Waals surface area contributed by atoms with Crippen LogP contribution in [-0.4, -0.2) is 12.6 Å². The van der Waals surface area contributed by atoms with Crippen molar-refractivity contribution in [3.05, 3.63) is 19.6 Å². The van der Waals surface area contributed by atoms with E-state index in [0.717, 1.165) is 6.42 Å². The second-order valence-electron chi connectivity index (χ2n) is 1.90. The smallest absolute Gasteiger partial charge is 0.305 e. The van der Waals surface area contributed by atoms with Gasteiger partial charge in [-0.1, -0.05) is 13.0 Å². The number of ether oxygens (including phenoxy) is 1. The minimum absolute atomic E-state index is 0.170. The van der Waals surface area contributed by atoms with Gasteiger partial charge in [-0.2, -0.15) is 0 Å². The van der Waals surface area contributed by atoms with Crippen LogP contribution in [0.2, 0.25) is 0 Å². The molecule has 0 aliphatic rings. The zero-order valence-electron chi connectivity index (χ0n) is 6.14. The summed E-state index contributed by atoms with van der Waals surface area (Å²) in [7, 11) is 0. The van der Waals surface area contributed by atoms with E-state index in [1.807, 2.05) is 0 Å². The monoisotopic (exact) mass is 141 g/mol. The maximum absolute atomic E-state index is 10.6. The average molecular weight is 141 g/mol. The van der Waals surface area contributed by atoms with Gasteiger partial charge in [-0.3, -0.25) is 4.79 Å². The van der Waals surface area contributed by atoms with E-state index in [0.29, 0.717) is 19.4 Å². The summed E-state index contributed by atoms with van der Waals surface area (Å²) in [6.45, 7) is 7.48. The third-order valence-corrected chi connectivity index (χ3v) is 0.966. The Morgan fingerprint density at radius 1 is 1.60 bits per heavy atom. The molecule has 0 saturated carbocycles. The molecule has 0 aliphatic heterocycles. The van der Waals surface area contributed by atoms with E-state index in [1.54, 1.807) is 6.08 Å². The largest absolute Gasteiger partial charge is 0.465 e. The lowest BCUT2D eigenvalue weighted by Gasteiger charge is -1.99. The molecule has 2 nitrogen and oxygen atoms in total. The first kappa shape index (κ1) is 9.21. The molecule has 0 aromatic rings. The van der Waals surface area contributed by atoms with Crippen molar-refractivity contribution in [3.63, 3.8) is 0 Å². The predicted molar refractivity (Wildman–Crippen MR) is 40.4 cm³/mol. The molecule has 0 unspecified atom stereocenters. The standard InChI is InChI=1S/C8H13O2/c1-3-5-7-10-8(9)6-4-2/h3H,1-2,4-7H2. The maximum atomic E-state index is 10.6. The van der Waals surface area contributed by atoms with Crippen molar-refractivity contribution in [2.24, 2.45) is 0 Å². The predicted octanol–water partition coefficient (Wildman–Crippen LogP) is 1.72. The molecule has 0 fully saturated rings. The van der Waals surface area contributed by atoms with Crippen molar-refractivity contribution in [1.29, 1.82) is 0 Å². The van der Waals surface area contributed by atoms with E-state index in [9.17, 15) is 4.79 Å². The molecule has 0 aliphatic carbocycles. The molecule has 0 N–H and O–H groups in total. The summed E-state index contributed by atoms with van der Waals surface area (Å²) in [5, 5.41) is 0.